The van der Waals surface area contributed by atoms with Crippen molar-refractivity contribution in [3.63, 3.8) is 0 Å². The summed E-state index contributed by atoms with van der Waals surface area (Å²) in [6, 6.07) is 9.26. The fourth-order valence-electron chi connectivity index (χ4n) is 2.15. The third-order valence-electron chi connectivity index (χ3n) is 3.03. The van der Waals surface area contributed by atoms with E-state index in [1.165, 1.54) is 0 Å². The molecule has 6 nitrogen and oxygen atoms in total. The molecule has 0 aliphatic rings. The highest BCUT2D eigenvalue weighted by molar-refractivity contribution is 5.51. The Balaban J connectivity index is 1.90. The molecular formula is C14H15N5O. The minimum absolute atomic E-state index is 0.293. The number of benzene rings is 1. The number of aromatic nitrogens is 4. The molecular weight excluding hydrogens is 254 g/mol. The first-order valence-corrected chi connectivity index (χ1v) is 6.30. The lowest BCUT2D eigenvalue weighted by Crippen LogP contribution is -2.06. The van der Waals surface area contributed by atoms with E-state index in [4.69, 9.17) is 10.5 Å². The van der Waals surface area contributed by atoms with Crippen LogP contribution < -0.4 is 10.5 Å². The molecule has 0 amide bonds. The Morgan fingerprint density at radius 3 is 2.80 bits per heavy atom. The molecule has 0 radical (unpaired) electrons. The lowest BCUT2D eigenvalue weighted by Gasteiger charge is -2.08. The van der Waals surface area contributed by atoms with E-state index in [0.717, 1.165) is 17.2 Å². The van der Waals surface area contributed by atoms with Gasteiger partial charge < -0.3 is 10.5 Å². The fourth-order valence-corrected chi connectivity index (χ4v) is 2.15. The number of nitrogen functional groups attached to an aromatic ring is 1. The summed E-state index contributed by atoms with van der Waals surface area (Å²) in [7, 11) is 0. The van der Waals surface area contributed by atoms with Gasteiger partial charge in [0.1, 0.15) is 18.2 Å². The van der Waals surface area contributed by atoms with Gasteiger partial charge in [0.15, 0.2) is 11.5 Å². The summed E-state index contributed by atoms with van der Waals surface area (Å²) in [4.78, 5) is 4.41. The molecule has 2 aromatic heterocycles. The highest BCUT2D eigenvalue weighted by Gasteiger charge is 2.10. The summed E-state index contributed by atoms with van der Waals surface area (Å²) >= 11 is 0. The minimum Gasteiger partial charge on any atom is -0.483 e. The van der Waals surface area contributed by atoms with E-state index < -0.39 is 0 Å². The van der Waals surface area contributed by atoms with Gasteiger partial charge in [-0.25, -0.2) is 4.98 Å². The van der Waals surface area contributed by atoms with E-state index in [-0.39, 0.29) is 0 Å². The van der Waals surface area contributed by atoms with Gasteiger partial charge in [0, 0.05) is 11.8 Å². The van der Waals surface area contributed by atoms with Gasteiger partial charge in [0.25, 0.3) is 0 Å². The standard InChI is InChI=1S/C14H15N5O/c1-9-7-13-17-18-14(19(13)10(2)16-9)8-20-12-6-4-3-5-11(12)15/h3-7H,8,15H2,1-2H3. The predicted molar refractivity (Wildman–Crippen MR) is 75.4 cm³/mol. The maximum Gasteiger partial charge on any atom is 0.176 e. The molecule has 1 aromatic carbocycles. The molecule has 102 valence electrons. The normalized spacial score (nSPS) is 10.9. The molecule has 0 saturated heterocycles. The first-order valence-electron chi connectivity index (χ1n) is 6.30. The Hall–Kier alpha value is -2.63. The second-order valence-corrected chi connectivity index (χ2v) is 4.58. The van der Waals surface area contributed by atoms with Gasteiger partial charge in [-0.15, -0.1) is 10.2 Å². The molecule has 0 aliphatic heterocycles. The van der Waals surface area contributed by atoms with Crippen molar-refractivity contribution in [3.05, 3.63) is 47.7 Å². The van der Waals surface area contributed by atoms with Gasteiger partial charge in [-0.05, 0) is 26.0 Å². The number of hydrogen-bond acceptors (Lipinski definition) is 5. The number of para-hydroxylation sites is 2. The molecule has 2 N–H and O–H groups in total. The van der Waals surface area contributed by atoms with Crippen molar-refractivity contribution in [1.29, 1.82) is 0 Å². The van der Waals surface area contributed by atoms with Gasteiger partial charge in [-0.1, -0.05) is 12.1 Å². The number of fused-ring (bicyclic) bond motifs is 1. The molecule has 0 saturated carbocycles. The maximum absolute atomic E-state index is 5.84. The Morgan fingerprint density at radius 2 is 2.00 bits per heavy atom. The molecule has 3 aromatic rings. The number of ether oxygens (including phenoxy) is 1. The number of rotatable bonds is 3. The summed E-state index contributed by atoms with van der Waals surface area (Å²) in [5.74, 6) is 2.18. The van der Waals surface area contributed by atoms with Crippen LogP contribution in [0.15, 0.2) is 30.3 Å². The van der Waals surface area contributed by atoms with Crippen LogP contribution in [0.25, 0.3) is 5.65 Å². The average molecular weight is 269 g/mol. The SMILES string of the molecule is Cc1cc2nnc(COc3ccccc3N)n2c(C)n1. The van der Waals surface area contributed by atoms with E-state index in [0.29, 0.717) is 23.9 Å². The third kappa shape index (κ3) is 2.16. The van der Waals surface area contributed by atoms with Gasteiger partial charge in [-0.2, -0.15) is 0 Å². The monoisotopic (exact) mass is 269 g/mol. The predicted octanol–water partition coefficient (Wildman–Crippen LogP) is 1.90. The molecule has 0 fully saturated rings. The smallest absolute Gasteiger partial charge is 0.176 e. The number of nitrogens with zero attached hydrogens (tertiary/aromatic N) is 4. The zero-order chi connectivity index (χ0) is 14.1. The largest absolute Gasteiger partial charge is 0.483 e. The molecule has 0 atom stereocenters. The Kier molecular flexibility index (Phi) is 2.98. The molecule has 2 heterocycles. The van der Waals surface area contributed by atoms with Crippen LogP contribution in [0.2, 0.25) is 0 Å². The van der Waals surface area contributed by atoms with E-state index in [9.17, 15) is 0 Å². The van der Waals surface area contributed by atoms with Crippen molar-refractivity contribution in [2.24, 2.45) is 0 Å². The molecule has 3 rings (SSSR count). The van der Waals surface area contributed by atoms with Crippen molar-refractivity contribution >= 4 is 11.3 Å². The lowest BCUT2D eigenvalue weighted by molar-refractivity contribution is 0.295. The first kappa shape index (κ1) is 12.4. The minimum atomic E-state index is 0.293. The number of nitrogens with two attached hydrogens (primary N) is 1. The maximum atomic E-state index is 5.84. The van der Waals surface area contributed by atoms with Crippen LogP contribution in [0.1, 0.15) is 17.3 Å². The second kappa shape index (κ2) is 4.80. The number of anilines is 1. The van der Waals surface area contributed by atoms with Crippen LogP contribution in [0.5, 0.6) is 5.75 Å². The lowest BCUT2D eigenvalue weighted by atomic mass is 10.3. The van der Waals surface area contributed by atoms with Gasteiger partial charge in [0.2, 0.25) is 0 Å². The van der Waals surface area contributed by atoms with E-state index >= 15 is 0 Å². The van der Waals surface area contributed by atoms with Crippen molar-refractivity contribution in [2.75, 3.05) is 5.73 Å². The highest BCUT2D eigenvalue weighted by atomic mass is 16.5. The van der Waals surface area contributed by atoms with E-state index in [1.54, 1.807) is 6.07 Å². The topological polar surface area (TPSA) is 78.3 Å². The summed E-state index contributed by atoms with van der Waals surface area (Å²) in [6.07, 6.45) is 0. The molecule has 20 heavy (non-hydrogen) atoms. The van der Waals surface area contributed by atoms with Gasteiger partial charge in [-0.3, -0.25) is 4.40 Å². The number of hydrogen-bond donors (Lipinski definition) is 1. The summed E-state index contributed by atoms with van der Waals surface area (Å²) in [6.45, 7) is 4.15. The molecule has 0 bridgehead atoms. The van der Waals surface area contributed by atoms with Gasteiger partial charge >= 0.3 is 0 Å². The quantitative estimate of drug-likeness (QED) is 0.735. The van der Waals surface area contributed by atoms with Crippen molar-refractivity contribution in [3.8, 4) is 5.75 Å². The van der Waals surface area contributed by atoms with Crippen molar-refractivity contribution in [2.45, 2.75) is 20.5 Å². The molecule has 0 spiro atoms. The Labute approximate surface area is 116 Å². The zero-order valence-corrected chi connectivity index (χ0v) is 11.4. The zero-order valence-electron chi connectivity index (χ0n) is 11.4. The van der Waals surface area contributed by atoms with Crippen LogP contribution >= 0.6 is 0 Å². The number of aryl methyl sites for hydroxylation is 2. The summed E-state index contributed by atoms with van der Waals surface area (Å²) < 4.78 is 7.58. The van der Waals surface area contributed by atoms with Crippen LogP contribution in [0.4, 0.5) is 5.69 Å². The second-order valence-electron chi connectivity index (χ2n) is 4.58. The van der Waals surface area contributed by atoms with Crippen molar-refractivity contribution in [1.82, 2.24) is 19.6 Å². The molecule has 0 aliphatic carbocycles. The molecule has 0 unspecified atom stereocenters. The Morgan fingerprint density at radius 1 is 1.20 bits per heavy atom. The average Bonchev–Trinajstić information content (AvgIpc) is 2.81. The van der Waals surface area contributed by atoms with Crippen molar-refractivity contribution < 1.29 is 4.74 Å². The van der Waals surface area contributed by atoms with Crippen LogP contribution in [-0.2, 0) is 6.61 Å². The summed E-state index contributed by atoms with van der Waals surface area (Å²) in [5.41, 5.74) is 8.14. The van der Waals surface area contributed by atoms with Crippen LogP contribution in [0.3, 0.4) is 0 Å². The van der Waals surface area contributed by atoms with E-state index in [1.807, 2.05) is 42.5 Å². The Bertz CT molecular complexity index is 765. The van der Waals surface area contributed by atoms with Crippen LogP contribution in [0, 0.1) is 13.8 Å². The van der Waals surface area contributed by atoms with E-state index in [2.05, 4.69) is 15.2 Å². The summed E-state index contributed by atoms with van der Waals surface area (Å²) in [5, 5.41) is 8.29. The van der Waals surface area contributed by atoms with Gasteiger partial charge in [0.05, 0.1) is 5.69 Å². The fraction of sp³-hybridized carbons (Fsp3) is 0.214. The molecule has 6 heteroatoms. The van der Waals surface area contributed by atoms with Crippen LogP contribution in [-0.4, -0.2) is 19.6 Å². The first-order chi connectivity index (χ1) is 9.65. The third-order valence-corrected chi connectivity index (χ3v) is 3.03. The highest BCUT2D eigenvalue weighted by Crippen LogP contribution is 2.21.